The largest absolute Gasteiger partial charge is 0.395 e. The van der Waals surface area contributed by atoms with Gasteiger partial charge in [0.1, 0.15) is 5.01 Å². The number of halogens is 3. The maximum atomic E-state index is 12.2. The maximum Gasteiger partial charge on any atom is 0.395 e. The highest BCUT2D eigenvalue weighted by Gasteiger charge is 2.29. The highest BCUT2D eigenvalue weighted by molar-refractivity contribution is 7.09. The number of nitrogens with zero attached hydrogens (tertiary/aromatic N) is 2. The molecule has 2 nitrogen and oxygen atoms in total. The molecule has 1 heterocycles. The number of nitriles is 1. The lowest BCUT2D eigenvalue weighted by Gasteiger charge is -2.01. The fourth-order valence-corrected chi connectivity index (χ4v) is 2.28. The van der Waals surface area contributed by atoms with E-state index < -0.39 is 12.6 Å². The van der Waals surface area contributed by atoms with Crippen LogP contribution in [0.15, 0.2) is 29.6 Å². The van der Waals surface area contributed by atoms with E-state index in [4.69, 9.17) is 5.26 Å². The molecule has 6 heteroatoms. The van der Waals surface area contributed by atoms with Crippen molar-refractivity contribution in [2.45, 2.75) is 12.6 Å². The van der Waals surface area contributed by atoms with Crippen LogP contribution >= 0.6 is 11.3 Å². The van der Waals surface area contributed by atoms with E-state index in [1.807, 2.05) is 6.07 Å². The lowest BCUT2D eigenvalue weighted by Crippen LogP contribution is -2.11. The summed E-state index contributed by atoms with van der Waals surface area (Å²) >= 11 is 0.971. The van der Waals surface area contributed by atoms with E-state index in [-0.39, 0.29) is 5.01 Å². The molecule has 0 aliphatic rings. The predicted octanol–water partition coefficient (Wildman–Crippen LogP) is 3.79. The van der Waals surface area contributed by atoms with E-state index in [9.17, 15) is 13.2 Å². The molecule has 92 valence electrons. The van der Waals surface area contributed by atoms with Gasteiger partial charge in [0.25, 0.3) is 0 Å². The molecule has 0 radical (unpaired) electrons. The van der Waals surface area contributed by atoms with Crippen LogP contribution in [-0.4, -0.2) is 11.2 Å². The normalized spacial score (nSPS) is 11.2. The summed E-state index contributed by atoms with van der Waals surface area (Å²) in [5.41, 5.74) is 1.58. The highest BCUT2D eigenvalue weighted by Crippen LogP contribution is 2.27. The van der Waals surface area contributed by atoms with Crippen molar-refractivity contribution < 1.29 is 13.2 Å². The lowest BCUT2D eigenvalue weighted by molar-refractivity contribution is -0.127. The quantitative estimate of drug-likeness (QED) is 0.831. The number of hydrogen-bond donors (Lipinski definition) is 0. The number of aromatic nitrogens is 1. The van der Waals surface area contributed by atoms with Crippen LogP contribution in [0.2, 0.25) is 0 Å². The van der Waals surface area contributed by atoms with E-state index in [0.29, 0.717) is 16.8 Å². The Morgan fingerprint density at radius 3 is 2.78 bits per heavy atom. The van der Waals surface area contributed by atoms with Crippen molar-refractivity contribution in [3.8, 4) is 17.3 Å². The first-order chi connectivity index (χ1) is 8.48. The molecular weight excluding hydrogens is 261 g/mol. The van der Waals surface area contributed by atoms with Crippen LogP contribution in [0.4, 0.5) is 13.2 Å². The second-order valence-electron chi connectivity index (χ2n) is 3.61. The minimum atomic E-state index is -4.25. The number of benzene rings is 1. The molecule has 0 aliphatic heterocycles. The molecule has 2 aromatic rings. The lowest BCUT2D eigenvalue weighted by atomic mass is 10.1. The van der Waals surface area contributed by atoms with Gasteiger partial charge in [-0.1, -0.05) is 12.1 Å². The minimum Gasteiger partial charge on any atom is -0.241 e. The molecule has 2 rings (SSSR count). The highest BCUT2D eigenvalue weighted by atomic mass is 32.1. The standard InChI is InChI=1S/C12H7F3N2S/c13-12(14,15)5-11-17-10(7-18-11)9-3-1-2-8(4-9)6-16/h1-4,7H,5H2. The predicted molar refractivity (Wildman–Crippen MR) is 62.0 cm³/mol. The Balaban J connectivity index is 2.27. The van der Waals surface area contributed by atoms with Crippen molar-refractivity contribution in [2.75, 3.05) is 0 Å². The van der Waals surface area contributed by atoms with Crippen LogP contribution in [0.25, 0.3) is 11.3 Å². The Bertz CT molecular complexity index is 596. The van der Waals surface area contributed by atoms with E-state index in [2.05, 4.69) is 4.98 Å². The van der Waals surface area contributed by atoms with Crippen molar-refractivity contribution in [2.24, 2.45) is 0 Å². The van der Waals surface area contributed by atoms with Gasteiger partial charge in [0.05, 0.1) is 23.7 Å². The first kappa shape index (κ1) is 12.6. The summed E-state index contributed by atoms with van der Waals surface area (Å²) < 4.78 is 36.6. The fourth-order valence-electron chi connectivity index (χ4n) is 1.44. The average molecular weight is 268 g/mol. The first-order valence-electron chi connectivity index (χ1n) is 4.99. The number of alkyl halides is 3. The molecule has 0 atom stereocenters. The topological polar surface area (TPSA) is 36.7 Å². The Morgan fingerprint density at radius 2 is 2.11 bits per heavy atom. The molecule has 0 fully saturated rings. The molecule has 0 amide bonds. The zero-order valence-corrected chi connectivity index (χ0v) is 9.85. The minimum absolute atomic E-state index is 0.0276. The Morgan fingerprint density at radius 1 is 1.33 bits per heavy atom. The van der Waals surface area contributed by atoms with Gasteiger partial charge in [0.15, 0.2) is 0 Å². The summed E-state index contributed by atoms with van der Waals surface area (Å²) in [5, 5.41) is 10.3. The van der Waals surface area contributed by atoms with Crippen LogP contribution < -0.4 is 0 Å². The van der Waals surface area contributed by atoms with Gasteiger partial charge in [-0.2, -0.15) is 18.4 Å². The molecule has 0 saturated heterocycles. The Kier molecular flexibility index (Phi) is 3.34. The molecule has 1 aromatic heterocycles. The first-order valence-corrected chi connectivity index (χ1v) is 5.87. The van der Waals surface area contributed by atoms with E-state index >= 15 is 0 Å². The van der Waals surface area contributed by atoms with Crippen LogP contribution in [0.3, 0.4) is 0 Å². The van der Waals surface area contributed by atoms with Crippen LogP contribution in [0, 0.1) is 11.3 Å². The zero-order chi connectivity index (χ0) is 13.2. The molecule has 1 aromatic carbocycles. The Hall–Kier alpha value is -1.87. The summed E-state index contributed by atoms with van der Waals surface area (Å²) in [4.78, 5) is 3.93. The van der Waals surface area contributed by atoms with Crippen molar-refractivity contribution in [1.82, 2.24) is 4.98 Å². The summed E-state index contributed by atoms with van der Waals surface area (Å²) in [7, 11) is 0. The smallest absolute Gasteiger partial charge is 0.241 e. The van der Waals surface area contributed by atoms with Crippen molar-refractivity contribution in [1.29, 1.82) is 5.26 Å². The average Bonchev–Trinajstić information content (AvgIpc) is 2.75. The van der Waals surface area contributed by atoms with Crippen molar-refractivity contribution >= 4 is 11.3 Å². The van der Waals surface area contributed by atoms with E-state index in [0.717, 1.165) is 11.3 Å². The number of hydrogen-bond acceptors (Lipinski definition) is 3. The number of thiazole rings is 1. The molecule has 18 heavy (non-hydrogen) atoms. The third-order valence-electron chi connectivity index (χ3n) is 2.19. The van der Waals surface area contributed by atoms with Crippen LogP contribution in [-0.2, 0) is 6.42 Å². The molecule has 0 unspecified atom stereocenters. The SMILES string of the molecule is N#Cc1cccc(-c2csc(CC(F)(F)F)n2)c1. The van der Waals surface area contributed by atoms with Crippen LogP contribution in [0.5, 0.6) is 0 Å². The molecule has 0 spiro atoms. The third kappa shape index (κ3) is 3.08. The van der Waals surface area contributed by atoms with Crippen molar-refractivity contribution in [3.05, 3.63) is 40.2 Å². The fraction of sp³-hybridized carbons (Fsp3) is 0.167. The second-order valence-corrected chi connectivity index (χ2v) is 4.55. The number of rotatable bonds is 2. The van der Waals surface area contributed by atoms with Gasteiger partial charge < -0.3 is 0 Å². The zero-order valence-electron chi connectivity index (χ0n) is 9.03. The second kappa shape index (κ2) is 4.78. The van der Waals surface area contributed by atoms with Gasteiger partial charge in [-0.25, -0.2) is 4.98 Å². The molecule has 0 N–H and O–H groups in total. The molecule has 0 bridgehead atoms. The monoisotopic (exact) mass is 268 g/mol. The Labute approximate surface area is 105 Å². The maximum absolute atomic E-state index is 12.2. The molecular formula is C12H7F3N2S. The summed E-state index contributed by atoms with van der Waals surface area (Å²) in [5.74, 6) is 0. The van der Waals surface area contributed by atoms with E-state index in [1.54, 1.807) is 29.6 Å². The molecule has 0 saturated carbocycles. The van der Waals surface area contributed by atoms with Gasteiger partial charge in [-0.15, -0.1) is 11.3 Å². The van der Waals surface area contributed by atoms with Crippen molar-refractivity contribution in [3.63, 3.8) is 0 Å². The van der Waals surface area contributed by atoms with Gasteiger partial charge in [-0.3, -0.25) is 0 Å². The summed E-state index contributed by atoms with van der Waals surface area (Å²) in [6, 6.07) is 8.61. The molecule has 0 aliphatic carbocycles. The van der Waals surface area contributed by atoms with E-state index in [1.165, 1.54) is 0 Å². The van der Waals surface area contributed by atoms with Gasteiger partial charge in [-0.05, 0) is 12.1 Å². The van der Waals surface area contributed by atoms with Crippen LogP contribution in [0.1, 0.15) is 10.6 Å². The van der Waals surface area contributed by atoms with Gasteiger partial charge in [0.2, 0.25) is 0 Å². The van der Waals surface area contributed by atoms with Gasteiger partial charge in [0, 0.05) is 10.9 Å². The third-order valence-corrected chi connectivity index (χ3v) is 3.04. The summed E-state index contributed by atoms with van der Waals surface area (Å²) in [6.45, 7) is 0. The van der Waals surface area contributed by atoms with Gasteiger partial charge >= 0.3 is 6.18 Å². The summed E-state index contributed by atoms with van der Waals surface area (Å²) in [6.07, 6.45) is -5.26.